The van der Waals surface area contributed by atoms with Gasteiger partial charge in [0.2, 0.25) is 0 Å². The molecule has 2 N–H and O–H groups in total. The van der Waals surface area contributed by atoms with E-state index in [1.165, 1.54) is 0 Å². The molecule has 0 spiro atoms. The Kier molecular flexibility index (Phi) is 6.06. The molecule has 3 rings (SSSR count). The number of amides is 1. The zero-order valence-corrected chi connectivity index (χ0v) is 15.8. The second kappa shape index (κ2) is 8.27. The predicted octanol–water partition coefficient (Wildman–Crippen LogP) is 1.22. The first-order valence-corrected chi connectivity index (χ1v) is 9.67. The zero-order valence-electron chi connectivity index (χ0n) is 15.8. The van der Waals surface area contributed by atoms with Crippen LogP contribution in [-0.2, 0) is 0 Å². The fourth-order valence-electron chi connectivity index (χ4n) is 4.03. The number of carbonyl (C=O) groups is 1. The maximum Gasteiger partial charge on any atom is 0.273 e. The van der Waals surface area contributed by atoms with Gasteiger partial charge in [-0.1, -0.05) is 19.1 Å². The van der Waals surface area contributed by atoms with E-state index in [2.05, 4.69) is 39.7 Å². The van der Waals surface area contributed by atoms with Gasteiger partial charge in [0.15, 0.2) is 5.69 Å². The highest BCUT2D eigenvalue weighted by Crippen LogP contribution is 2.20. The van der Waals surface area contributed by atoms with Crippen molar-refractivity contribution in [3.63, 3.8) is 0 Å². The molecule has 0 radical (unpaired) electrons. The summed E-state index contributed by atoms with van der Waals surface area (Å²) in [5, 5.41) is 14.8. The molecular formula is C18H32N6O. The summed E-state index contributed by atoms with van der Waals surface area (Å²) in [6, 6.07) is 0.356. The highest BCUT2D eigenvalue weighted by atomic mass is 16.2. The minimum absolute atomic E-state index is 0.0833. The summed E-state index contributed by atoms with van der Waals surface area (Å²) in [5.41, 5.74) is 1.37. The van der Waals surface area contributed by atoms with E-state index in [1.54, 1.807) is 0 Å². The van der Waals surface area contributed by atoms with Gasteiger partial charge >= 0.3 is 0 Å². The second-order valence-corrected chi connectivity index (χ2v) is 7.97. The lowest BCUT2D eigenvalue weighted by Crippen LogP contribution is -2.32. The smallest absolute Gasteiger partial charge is 0.273 e. The summed E-state index contributed by atoms with van der Waals surface area (Å²) in [5.74, 6) is 1.16. The Balaban J connectivity index is 1.51. The molecule has 2 aliphatic rings. The van der Waals surface area contributed by atoms with E-state index in [0.29, 0.717) is 23.6 Å². The van der Waals surface area contributed by atoms with E-state index in [9.17, 15) is 4.79 Å². The van der Waals surface area contributed by atoms with Crippen molar-refractivity contribution in [1.29, 1.82) is 0 Å². The molecule has 0 saturated carbocycles. The van der Waals surface area contributed by atoms with Crippen molar-refractivity contribution in [3.8, 4) is 0 Å². The number of carbonyl (C=O) groups excluding carboxylic acids is 1. The Bertz CT molecular complexity index is 578. The highest BCUT2D eigenvalue weighted by molar-refractivity contribution is 5.93. The Labute approximate surface area is 150 Å². The third kappa shape index (κ3) is 4.58. The monoisotopic (exact) mass is 348 g/mol. The van der Waals surface area contributed by atoms with E-state index >= 15 is 0 Å². The Morgan fingerprint density at radius 1 is 1.32 bits per heavy atom. The molecule has 140 valence electrons. The summed E-state index contributed by atoms with van der Waals surface area (Å²) < 4.78 is 1.94. The number of aromatic nitrogens is 3. The van der Waals surface area contributed by atoms with Crippen LogP contribution in [0.1, 0.15) is 55.3 Å². The van der Waals surface area contributed by atoms with Gasteiger partial charge in [-0.25, -0.2) is 4.68 Å². The fourth-order valence-corrected chi connectivity index (χ4v) is 4.03. The number of nitrogens with one attached hydrogen (secondary N) is 2. The Morgan fingerprint density at radius 2 is 2.08 bits per heavy atom. The van der Waals surface area contributed by atoms with Crippen LogP contribution in [0.3, 0.4) is 0 Å². The maximum atomic E-state index is 12.5. The van der Waals surface area contributed by atoms with Gasteiger partial charge in [-0.15, -0.1) is 5.10 Å². The van der Waals surface area contributed by atoms with Crippen LogP contribution in [0.4, 0.5) is 0 Å². The Morgan fingerprint density at radius 3 is 2.80 bits per heavy atom. The number of likely N-dealkylation sites (tertiary alicyclic amines) is 1. The van der Waals surface area contributed by atoms with Crippen LogP contribution in [0.25, 0.3) is 0 Å². The lowest BCUT2D eigenvalue weighted by Gasteiger charge is -2.23. The average Bonchev–Trinajstić information content (AvgIpc) is 3.19. The molecule has 0 bridgehead atoms. The molecule has 7 nitrogen and oxygen atoms in total. The fraction of sp³-hybridized carbons (Fsp3) is 0.833. The minimum Gasteiger partial charge on any atom is -0.350 e. The van der Waals surface area contributed by atoms with Crippen LogP contribution in [-0.4, -0.2) is 65.1 Å². The van der Waals surface area contributed by atoms with Gasteiger partial charge in [0.25, 0.3) is 5.91 Å². The quantitative estimate of drug-likeness (QED) is 0.808. The molecule has 1 unspecified atom stereocenters. The van der Waals surface area contributed by atoms with Crippen LogP contribution in [0, 0.1) is 18.8 Å². The first-order valence-electron chi connectivity index (χ1n) is 9.67. The van der Waals surface area contributed by atoms with Gasteiger partial charge in [-0.3, -0.25) is 4.79 Å². The summed E-state index contributed by atoms with van der Waals surface area (Å²) >= 11 is 0. The van der Waals surface area contributed by atoms with Crippen molar-refractivity contribution in [1.82, 2.24) is 30.5 Å². The van der Waals surface area contributed by atoms with Gasteiger partial charge in [0.05, 0.1) is 11.7 Å². The third-order valence-electron chi connectivity index (χ3n) is 5.34. The molecule has 0 aliphatic carbocycles. The molecule has 7 heteroatoms. The van der Waals surface area contributed by atoms with Gasteiger partial charge < -0.3 is 15.5 Å². The zero-order chi connectivity index (χ0) is 17.8. The van der Waals surface area contributed by atoms with Crippen molar-refractivity contribution in [2.45, 2.75) is 46.1 Å². The van der Waals surface area contributed by atoms with E-state index in [4.69, 9.17) is 0 Å². The number of nitrogens with zero attached hydrogens (tertiary/aromatic N) is 4. The lowest BCUT2D eigenvalue weighted by molar-refractivity contribution is 0.0941. The first kappa shape index (κ1) is 18.3. The van der Waals surface area contributed by atoms with Gasteiger partial charge in [-0.05, 0) is 57.7 Å². The standard InChI is InChI=1S/C18H32N6O/c1-13(2)11-23-9-6-15(12-23)10-20-18(25)17-14(3)24(22-21-17)16-4-7-19-8-5-16/h13,15-16,19H,4-12H2,1-3H3,(H,20,25). The van der Waals surface area contributed by atoms with Crippen LogP contribution in [0.2, 0.25) is 0 Å². The largest absolute Gasteiger partial charge is 0.350 e. The van der Waals surface area contributed by atoms with Gasteiger partial charge in [0, 0.05) is 19.6 Å². The Hall–Kier alpha value is -1.47. The predicted molar refractivity (Wildman–Crippen MR) is 97.6 cm³/mol. The van der Waals surface area contributed by atoms with Crippen LogP contribution < -0.4 is 10.6 Å². The molecule has 1 aromatic heterocycles. The van der Waals surface area contributed by atoms with E-state index in [0.717, 1.165) is 64.2 Å². The topological polar surface area (TPSA) is 75.1 Å². The minimum atomic E-state index is -0.0833. The molecule has 1 atom stereocenters. The first-order chi connectivity index (χ1) is 12.0. The third-order valence-corrected chi connectivity index (χ3v) is 5.34. The highest BCUT2D eigenvalue weighted by Gasteiger charge is 2.26. The molecule has 25 heavy (non-hydrogen) atoms. The van der Waals surface area contributed by atoms with Gasteiger partial charge in [0.1, 0.15) is 0 Å². The number of hydrogen-bond donors (Lipinski definition) is 2. The second-order valence-electron chi connectivity index (χ2n) is 7.97. The molecule has 2 saturated heterocycles. The van der Waals surface area contributed by atoms with E-state index < -0.39 is 0 Å². The lowest BCUT2D eigenvalue weighted by atomic mass is 10.1. The average molecular weight is 348 g/mol. The molecule has 2 aliphatic heterocycles. The molecule has 0 aromatic carbocycles. The van der Waals surface area contributed by atoms with E-state index in [1.807, 2.05) is 11.6 Å². The van der Waals surface area contributed by atoms with E-state index in [-0.39, 0.29) is 5.91 Å². The van der Waals surface area contributed by atoms with Crippen molar-refractivity contribution < 1.29 is 4.79 Å². The van der Waals surface area contributed by atoms with Crippen molar-refractivity contribution in [2.75, 3.05) is 39.3 Å². The molecular weight excluding hydrogens is 316 g/mol. The van der Waals surface area contributed by atoms with Crippen LogP contribution in [0.5, 0.6) is 0 Å². The van der Waals surface area contributed by atoms with Crippen molar-refractivity contribution in [2.24, 2.45) is 11.8 Å². The van der Waals surface area contributed by atoms with Crippen LogP contribution in [0.15, 0.2) is 0 Å². The van der Waals surface area contributed by atoms with Crippen molar-refractivity contribution >= 4 is 5.91 Å². The summed E-state index contributed by atoms with van der Waals surface area (Å²) in [6.45, 7) is 12.6. The molecule has 1 aromatic rings. The van der Waals surface area contributed by atoms with Crippen LogP contribution >= 0.6 is 0 Å². The van der Waals surface area contributed by atoms with Gasteiger partial charge in [-0.2, -0.15) is 0 Å². The normalized spacial score (nSPS) is 22.6. The molecule has 1 amide bonds. The number of hydrogen-bond acceptors (Lipinski definition) is 5. The summed E-state index contributed by atoms with van der Waals surface area (Å²) in [4.78, 5) is 15.0. The summed E-state index contributed by atoms with van der Waals surface area (Å²) in [6.07, 6.45) is 3.24. The number of piperidine rings is 1. The molecule has 3 heterocycles. The maximum absolute atomic E-state index is 12.5. The SMILES string of the molecule is Cc1c(C(=O)NCC2CCN(CC(C)C)C2)nnn1C1CCNCC1. The molecule has 2 fully saturated rings. The number of rotatable bonds is 6. The van der Waals surface area contributed by atoms with Crippen molar-refractivity contribution in [3.05, 3.63) is 11.4 Å². The summed E-state index contributed by atoms with van der Waals surface area (Å²) in [7, 11) is 0.